The van der Waals surface area contributed by atoms with E-state index in [1.54, 1.807) is 6.92 Å². The fourth-order valence-corrected chi connectivity index (χ4v) is 1.89. The molecule has 1 saturated heterocycles. The number of aromatic carboxylic acids is 1. The van der Waals surface area contributed by atoms with Crippen molar-refractivity contribution in [3.63, 3.8) is 0 Å². The lowest BCUT2D eigenvalue weighted by atomic mass is 10.0. The van der Waals surface area contributed by atoms with Crippen molar-refractivity contribution in [3.05, 3.63) is 23.3 Å². The Morgan fingerprint density at radius 2 is 2.38 bits per heavy atom. The molecule has 1 fully saturated rings. The van der Waals surface area contributed by atoms with Crippen molar-refractivity contribution in [2.24, 2.45) is 0 Å². The number of carboxylic acids is 1. The molecule has 1 unspecified atom stereocenters. The highest BCUT2D eigenvalue weighted by Crippen LogP contribution is 2.33. The first kappa shape index (κ1) is 11.0. The average molecular weight is 222 g/mol. The second kappa shape index (κ2) is 3.83. The van der Waals surface area contributed by atoms with Crippen LogP contribution in [-0.4, -0.2) is 27.7 Å². The van der Waals surface area contributed by atoms with Crippen molar-refractivity contribution in [1.82, 2.24) is 9.97 Å². The normalized spacial score (nSPS) is 24.6. The zero-order valence-electron chi connectivity index (χ0n) is 9.36. The van der Waals surface area contributed by atoms with Crippen LogP contribution in [0.3, 0.4) is 0 Å². The predicted molar refractivity (Wildman–Crippen MR) is 56.3 cm³/mol. The van der Waals surface area contributed by atoms with E-state index in [4.69, 9.17) is 9.84 Å². The minimum atomic E-state index is -0.999. The number of aromatic nitrogens is 2. The summed E-state index contributed by atoms with van der Waals surface area (Å²) >= 11 is 0. The molecule has 0 aliphatic carbocycles. The van der Waals surface area contributed by atoms with Crippen molar-refractivity contribution >= 4 is 5.97 Å². The summed E-state index contributed by atoms with van der Waals surface area (Å²) in [7, 11) is 0. The Morgan fingerprint density at radius 3 is 2.88 bits per heavy atom. The number of carboxylic acid groups (broad SMARTS) is 1. The van der Waals surface area contributed by atoms with Gasteiger partial charge in [0.25, 0.3) is 0 Å². The Kier molecular flexibility index (Phi) is 2.63. The number of hydrogen-bond acceptors (Lipinski definition) is 4. The van der Waals surface area contributed by atoms with Gasteiger partial charge in [-0.1, -0.05) is 0 Å². The summed E-state index contributed by atoms with van der Waals surface area (Å²) in [6, 6.07) is 0. The SMILES string of the molecule is Cc1nc(C2(C)CCCO2)ncc1C(=O)O. The van der Waals surface area contributed by atoms with Gasteiger partial charge >= 0.3 is 5.97 Å². The van der Waals surface area contributed by atoms with Gasteiger partial charge in [0.1, 0.15) is 5.60 Å². The molecule has 0 saturated carbocycles. The summed E-state index contributed by atoms with van der Waals surface area (Å²) in [6.45, 7) is 4.32. The van der Waals surface area contributed by atoms with Crippen LogP contribution in [0.5, 0.6) is 0 Å². The zero-order valence-corrected chi connectivity index (χ0v) is 9.36. The van der Waals surface area contributed by atoms with E-state index < -0.39 is 11.6 Å². The number of ether oxygens (including phenoxy) is 1. The minimum Gasteiger partial charge on any atom is -0.478 e. The largest absolute Gasteiger partial charge is 0.478 e. The van der Waals surface area contributed by atoms with E-state index in [2.05, 4.69) is 9.97 Å². The number of carbonyl (C=O) groups is 1. The van der Waals surface area contributed by atoms with Crippen LogP contribution in [0.1, 0.15) is 41.6 Å². The quantitative estimate of drug-likeness (QED) is 0.821. The van der Waals surface area contributed by atoms with Gasteiger partial charge < -0.3 is 9.84 Å². The lowest BCUT2D eigenvalue weighted by molar-refractivity contribution is 0.00908. The number of rotatable bonds is 2. The molecule has 0 radical (unpaired) electrons. The Morgan fingerprint density at radius 1 is 1.62 bits per heavy atom. The minimum absolute atomic E-state index is 0.144. The van der Waals surface area contributed by atoms with Crippen molar-refractivity contribution in [2.45, 2.75) is 32.3 Å². The van der Waals surface area contributed by atoms with Crippen molar-refractivity contribution in [3.8, 4) is 0 Å². The third-order valence-corrected chi connectivity index (χ3v) is 2.90. The van der Waals surface area contributed by atoms with Gasteiger partial charge in [-0.25, -0.2) is 14.8 Å². The highest BCUT2D eigenvalue weighted by molar-refractivity contribution is 5.88. The summed E-state index contributed by atoms with van der Waals surface area (Å²) in [4.78, 5) is 19.2. The molecule has 0 aromatic carbocycles. The van der Waals surface area contributed by atoms with E-state index in [0.29, 0.717) is 18.1 Å². The molecule has 0 amide bonds. The fraction of sp³-hybridized carbons (Fsp3) is 0.545. The second-order valence-corrected chi connectivity index (χ2v) is 4.18. The molecular formula is C11H14N2O3. The lowest BCUT2D eigenvalue weighted by Crippen LogP contribution is -2.24. The van der Waals surface area contributed by atoms with E-state index >= 15 is 0 Å². The summed E-state index contributed by atoms with van der Waals surface area (Å²) in [6.07, 6.45) is 3.21. The van der Waals surface area contributed by atoms with Crippen LogP contribution in [0.25, 0.3) is 0 Å². The van der Waals surface area contributed by atoms with Gasteiger partial charge in [0, 0.05) is 12.8 Å². The molecule has 1 aliphatic rings. The smallest absolute Gasteiger partial charge is 0.339 e. The van der Waals surface area contributed by atoms with Crippen LogP contribution < -0.4 is 0 Å². The molecule has 1 aliphatic heterocycles. The van der Waals surface area contributed by atoms with Crippen molar-refractivity contribution in [1.29, 1.82) is 0 Å². The van der Waals surface area contributed by atoms with Gasteiger partial charge in [0.2, 0.25) is 0 Å². The average Bonchev–Trinajstić information content (AvgIpc) is 2.66. The molecule has 2 heterocycles. The molecule has 0 spiro atoms. The Bertz CT molecular complexity index is 425. The molecule has 5 nitrogen and oxygen atoms in total. The highest BCUT2D eigenvalue weighted by Gasteiger charge is 2.35. The first-order chi connectivity index (χ1) is 7.53. The fourth-order valence-electron chi connectivity index (χ4n) is 1.89. The van der Waals surface area contributed by atoms with Gasteiger partial charge in [0.15, 0.2) is 5.82 Å². The zero-order chi connectivity index (χ0) is 11.8. The Balaban J connectivity index is 2.37. The molecule has 16 heavy (non-hydrogen) atoms. The summed E-state index contributed by atoms with van der Waals surface area (Å²) in [5.74, 6) is -0.422. The maximum absolute atomic E-state index is 10.8. The molecule has 1 N–H and O–H groups in total. The van der Waals surface area contributed by atoms with Crippen LogP contribution in [0.15, 0.2) is 6.20 Å². The van der Waals surface area contributed by atoms with Crippen LogP contribution in [0, 0.1) is 6.92 Å². The van der Waals surface area contributed by atoms with E-state index in [9.17, 15) is 4.79 Å². The predicted octanol–water partition coefficient (Wildman–Crippen LogP) is 1.51. The second-order valence-electron chi connectivity index (χ2n) is 4.18. The lowest BCUT2D eigenvalue weighted by Gasteiger charge is -2.21. The number of aryl methyl sites for hydroxylation is 1. The molecule has 2 rings (SSSR count). The van der Waals surface area contributed by atoms with Gasteiger partial charge in [-0.05, 0) is 26.7 Å². The summed E-state index contributed by atoms with van der Waals surface area (Å²) in [5, 5.41) is 8.87. The van der Waals surface area contributed by atoms with Crippen LogP contribution in [0.2, 0.25) is 0 Å². The Labute approximate surface area is 93.5 Å². The topological polar surface area (TPSA) is 72.3 Å². The molecule has 1 aromatic heterocycles. The van der Waals surface area contributed by atoms with E-state index in [-0.39, 0.29) is 5.56 Å². The summed E-state index contributed by atoms with van der Waals surface area (Å²) < 4.78 is 5.61. The first-order valence-electron chi connectivity index (χ1n) is 5.24. The van der Waals surface area contributed by atoms with Gasteiger partial charge in [-0.3, -0.25) is 0 Å². The Hall–Kier alpha value is -1.49. The maximum atomic E-state index is 10.8. The van der Waals surface area contributed by atoms with Crippen LogP contribution >= 0.6 is 0 Å². The van der Waals surface area contributed by atoms with Crippen LogP contribution in [0.4, 0.5) is 0 Å². The molecule has 5 heteroatoms. The van der Waals surface area contributed by atoms with Gasteiger partial charge in [0.05, 0.1) is 11.3 Å². The van der Waals surface area contributed by atoms with Crippen molar-refractivity contribution < 1.29 is 14.6 Å². The molecule has 0 bridgehead atoms. The van der Waals surface area contributed by atoms with Crippen LogP contribution in [-0.2, 0) is 10.3 Å². The maximum Gasteiger partial charge on any atom is 0.339 e. The monoisotopic (exact) mass is 222 g/mol. The number of nitrogens with zero attached hydrogens (tertiary/aromatic N) is 2. The summed E-state index contributed by atoms with van der Waals surface area (Å²) in [5.41, 5.74) is 0.168. The first-order valence-corrected chi connectivity index (χ1v) is 5.24. The van der Waals surface area contributed by atoms with E-state index in [1.807, 2.05) is 6.92 Å². The third kappa shape index (κ3) is 1.78. The van der Waals surface area contributed by atoms with E-state index in [0.717, 1.165) is 12.8 Å². The molecule has 1 atom stereocenters. The highest BCUT2D eigenvalue weighted by atomic mass is 16.5. The van der Waals surface area contributed by atoms with Crippen molar-refractivity contribution in [2.75, 3.05) is 6.61 Å². The molecule has 1 aromatic rings. The van der Waals surface area contributed by atoms with Gasteiger partial charge in [-0.2, -0.15) is 0 Å². The van der Waals surface area contributed by atoms with Gasteiger partial charge in [-0.15, -0.1) is 0 Å². The third-order valence-electron chi connectivity index (χ3n) is 2.90. The number of hydrogen-bond donors (Lipinski definition) is 1. The standard InChI is InChI=1S/C11H14N2O3/c1-7-8(9(14)15)6-12-10(13-7)11(2)4-3-5-16-11/h6H,3-5H2,1-2H3,(H,14,15). The molecule has 86 valence electrons. The van der Waals surface area contributed by atoms with E-state index in [1.165, 1.54) is 6.20 Å². The molecular weight excluding hydrogens is 208 g/mol.